The van der Waals surface area contributed by atoms with Crippen LogP contribution in [0.25, 0.3) is 0 Å². The predicted molar refractivity (Wildman–Crippen MR) is 88.8 cm³/mol. The maximum absolute atomic E-state index is 13.5. The van der Waals surface area contributed by atoms with Gasteiger partial charge in [-0.1, -0.05) is 12.1 Å². The molecule has 4 aliphatic carbocycles. The van der Waals surface area contributed by atoms with Crippen LogP contribution >= 0.6 is 0 Å². The molecule has 5 nitrogen and oxygen atoms in total. The number of rotatable bonds is 4. The van der Waals surface area contributed by atoms with Gasteiger partial charge in [-0.3, -0.25) is 20.4 Å². The van der Waals surface area contributed by atoms with Crippen LogP contribution in [0.4, 0.5) is 4.39 Å². The number of carbonyl (C=O) groups is 2. The fourth-order valence-corrected chi connectivity index (χ4v) is 5.39. The zero-order chi connectivity index (χ0) is 17.4. The first-order valence-corrected chi connectivity index (χ1v) is 9.01. The summed E-state index contributed by atoms with van der Waals surface area (Å²) in [6.07, 6.45) is 6.59. The number of benzene rings is 1. The van der Waals surface area contributed by atoms with Crippen molar-refractivity contribution < 1.29 is 18.7 Å². The van der Waals surface area contributed by atoms with E-state index in [2.05, 4.69) is 10.9 Å². The lowest BCUT2D eigenvalue weighted by Gasteiger charge is -2.55. The Kier molecular flexibility index (Phi) is 4.13. The maximum Gasteiger partial charge on any atom is 0.276 e. The Hall–Kier alpha value is -2.11. The van der Waals surface area contributed by atoms with Crippen molar-refractivity contribution in [3.63, 3.8) is 0 Å². The van der Waals surface area contributed by atoms with Gasteiger partial charge in [-0.05, 0) is 68.4 Å². The Morgan fingerprint density at radius 3 is 2.24 bits per heavy atom. The average molecular weight is 346 g/mol. The molecular formula is C19H23FN2O3. The Balaban J connectivity index is 1.29. The summed E-state index contributed by atoms with van der Waals surface area (Å²) in [5.41, 5.74) is 4.68. The van der Waals surface area contributed by atoms with Crippen molar-refractivity contribution in [2.75, 3.05) is 6.61 Å². The highest BCUT2D eigenvalue weighted by atomic mass is 19.1. The average Bonchev–Trinajstić information content (AvgIpc) is 2.57. The fraction of sp³-hybridized carbons (Fsp3) is 0.579. The van der Waals surface area contributed by atoms with Gasteiger partial charge in [0.15, 0.2) is 18.2 Å². The van der Waals surface area contributed by atoms with E-state index in [-0.39, 0.29) is 23.7 Å². The molecule has 0 saturated heterocycles. The molecule has 6 heteroatoms. The first-order valence-electron chi connectivity index (χ1n) is 9.01. The van der Waals surface area contributed by atoms with Crippen molar-refractivity contribution in [2.24, 2.45) is 23.2 Å². The van der Waals surface area contributed by atoms with Crippen molar-refractivity contribution in [1.82, 2.24) is 10.9 Å². The molecule has 2 amide bonds. The quantitative estimate of drug-likeness (QED) is 0.824. The van der Waals surface area contributed by atoms with Crippen LogP contribution in [0.15, 0.2) is 24.3 Å². The molecule has 5 rings (SSSR count). The zero-order valence-corrected chi connectivity index (χ0v) is 14.1. The van der Waals surface area contributed by atoms with E-state index in [1.807, 2.05) is 0 Å². The molecule has 25 heavy (non-hydrogen) atoms. The Labute approximate surface area is 146 Å². The summed E-state index contributed by atoms with van der Waals surface area (Å²) < 4.78 is 18.6. The van der Waals surface area contributed by atoms with Gasteiger partial charge in [0.2, 0.25) is 5.91 Å². The zero-order valence-electron chi connectivity index (χ0n) is 14.1. The molecule has 2 N–H and O–H groups in total. The molecule has 0 aromatic heterocycles. The molecule has 4 bridgehead atoms. The molecule has 0 aliphatic heterocycles. The summed E-state index contributed by atoms with van der Waals surface area (Å²) in [5, 5.41) is 0. The highest BCUT2D eigenvalue weighted by molar-refractivity contribution is 5.86. The minimum Gasteiger partial charge on any atom is -0.481 e. The number of hydrazine groups is 1. The second-order valence-electron chi connectivity index (χ2n) is 7.92. The van der Waals surface area contributed by atoms with Crippen molar-refractivity contribution in [3.05, 3.63) is 30.1 Å². The van der Waals surface area contributed by atoms with Crippen molar-refractivity contribution in [1.29, 1.82) is 0 Å². The van der Waals surface area contributed by atoms with Crippen LogP contribution in [0.3, 0.4) is 0 Å². The van der Waals surface area contributed by atoms with Crippen LogP contribution in [0, 0.1) is 29.0 Å². The van der Waals surface area contributed by atoms with Crippen molar-refractivity contribution in [3.8, 4) is 5.75 Å². The third-order valence-corrected chi connectivity index (χ3v) is 6.03. The van der Waals surface area contributed by atoms with Crippen LogP contribution in [0.2, 0.25) is 0 Å². The predicted octanol–water partition coefficient (Wildman–Crippen LogP) is 2.57. The molecule has 4 aliphatic rings. The Bertz CT molecular complexity index is 656. The molecule has 0 radical (unpaired) electrons. The van der Waals surface area contributed by atoms with Gasteiger partial charge in [0.25, 0.3) is 5.91 Å². The third-order valence-electron chi connectivity index (χ3n) is 6.03. The number of ether oxygens (including phenoxy) is 1. The number of hydrogen-bond acceptors (Lipinski definition) is 3. The van der Waals surface area contributed by atoms with Crippen molar-refractivity contribution >= 4 is 11.8 Å². The van der Waals surface area contributed by atoms with E-state index >= 15 is 0 Å². The van der Waals surface area contributed by atoms with Gasteiger partial charge >= 0.3 is 0 Å². The highest BCUT2D eigenvalue weighted by Gasteiger charge is 2.54. The third kappa shape index (κ3) is 3.22. The first kappa shape index (κ1) is 16.4. The molecule has 4 saturated carbocycles. The lowest BCUT2D eigenvalue weighted by molar-refractivity contribution is -0.149. The summed E-state index contributed by atoms with van der Waals surface area (Å²) in [7, 11) is 0. The number of amides is 2. The lowest BCUT2D eigenvalue weighted by Crippen LogP contribution is -2.57. The number of carbonyl (C=O) groups excluding carboxylic acids is 2. The summed E-state index contributed by atoms with van der Waals surface area (Å²) in [6, 6.07) is 5.90. The maximum atomic E-state index is 13.5. The minimum atomic E-state index is -0.520. The molecule has 0 spiro atoms. The minimum absolute atomic E-state index is 0.0186. The summed E-state index contributed by atoms with van der Waals surface area (Å²) in [5.74, 6) is 0.913. The van der Waals surface area contributed by atoms with E-state index in [0.717, 1.165) is 19.3 Å². The van der Waals surface area contributed by atoms with Crippen LogP contribution in [0.1, 0.15) is 38.5 Å². The second-order valence-corrected chi connectivity index (χ2v) is 7.92. The van der Waals surface area contributed by atoms with Gasteiger partial charge in [0.05, 0.1) is 5.41 Å². The number of nitrogens with one attached hydrogen (secondary N) is 2. The monoisotopic (exact) mass is 346 g/mol. The van der Waals surface area contributed by atoms with Crippen LogP contribution in [-0.2, 0) is 9.59 Å². The highest BCUT2D eigenvalue weighted by Crippen LogP contribution is 2.59. The van der Waals surface area contributed by atoms with Gasteiger partial charge in [0, 0.05) is 0 Å². The molecular weight excluding hydrogens is 323 g/mol. The van der Waals surface area contributed by atoms with Crippen molar-refractivity contribution in [2.45, 2.75) is 38.5 Å². The SMILES string of the molecule is O=C(COc1ccccc1F)NNC(=O)C12CC3CC(CC(C3)C1)C2. The molecule has 0 heterocycles. The van der Waals surface area contributed by atoms with E-state index in [4.69, 9.17) is 4.74 Å². The topological polar surface area (TPSA) is 67.4 Å². The number of halogens is 1. The summed E-state index contributed by atoms with van der Waals surface area (Å²) in [6.45, 7) is -0.345. The standard InChI is InChI=1S/C19H23FN2O3/c20-15-3-1-2-4-16(15)25-11-17(23)21-22-18(24)19-8-12-5-13(9-19)7-14(6-12)10-19/h1-4,12-14H,5-11H2,(H,21,23)(H,22,24). The molecule has 1 aromatic rings. The van der Waals surface area contributed by atoms with E-state index < -0.39 is 11.7 Å². The van der Waals surface area contributed by atoms with Crippen LogP contribution < -0.4 is 15.6 Å². The van der Waals surface area contributed by atoms with Gasteiger partial charge in [-0.15, -0.1) is 0 Å². The van der Waals surface area contributed by atoms with Gasteiger partial charge in [-0.25, -0.2) is 4.39 Å². The molecule has 134 valence electrons. The summed E-state index contributed by atoms with van der Waals surface area (Å²) >= 11 is 0. The lowest BCUT2D eigenvalue weighted by atomic mass is 9.49. The normalized spacial score (nSPS) is 32.3. The van der Waals surface area contributed by atoms with E-state index in [1.165, 1.54) is 31.4 Å². The molecule has 0 atom stereocenters. The van der Waals surface area contributed by atoms with Gasteiger partial charge in [-0.2, -0.15) is 0 Å². The van der Waals surface area contributed by atoms with E-state index in [9.17, 15) is 14.0 Å². The van der Waals surface area contributed by atoms with Gasteiger partial charge in [0.1, 0.15) is 0 Å². The fourth-order valence-electron chi connectivity index (χ4n) is 5.39. The first-order chi connectivity index (χ1) is 12.0. The molecule has 0 unspecified atom stereocenters. The van der Waals surface area contributed by atoms with Crippen LogP contribution in [-0.4, -0.2) is 18.4 Å². The van der Waals surface area contributed by atoms with Gasteiger partial charge < -0.3 is 4.74 Å². The summed E-state index contributed by atoms with van der Waals surface area (Å²) in [4.78, 5) is 24.6. The smallest absolute Gasteiger partial charge is 0.276 e. The van der Waals surface area contributed by atoms with E-state index in [1.54, 1.807) is 12.1 Å². The molecule has 4 fully saturated rings. The number of hydrogen-bond donors (Lipinski definition) is 2. The number of para-hydroxylation sites is 1. The Morgan fingerprint density at radius 1 is 1.04 bits per heavy atom. The van der Waals surface area contributed by atoms with Crippen LogP contribution in [0.5, 0.6) is 5.75 Å². The van der Waals surface area contributed by atoms with E-state index in [0.29, 0.717) is 17.8 Å². The molecule has 1 aromatic carbocycles. The Morgan fingerprint density at radius 2 is 1.64 bits per heavy atom. The largest absolute Gasteiger partial charge is 0.481 e. The second kappa shape index (κ2) is 6.32.